The van der Waals surface area contributed by atoms with Gasteiger partial charge in [-0.15, -0.1) is 0 Å². The summed E-state index contributed by atoms with van der Waals surface area (Å²) in [7, 11) is 0. The van der Waals surface area contributed by atoms with Crippen LogP contribution in [0.25, 0.3) is 0 Å². The summed E-state index contributed by atoms with van der Waals surface area (Å²) in [5.41, 5.74) is 9.93. The van der Waals surface area contributed by atoms with E-state index in [-0.39, 0.29) is 0 Å². The van der Waals surface area contributed by atoms with Gasteiger partial charge in [-0.1, -0.05) is 36.5 Å². The zero-order chi connectivity index (χ0) is 15.2. The molecule has 3 N–H and O–H groups in total. The first-order valence-corrected chi connectivity index (χ1v) is 7.31. The van der Waals surface area contributed by atoms with Gasteiger partial charge >= 0.3 is 0 Å². The van der Waals surface area contributed by atoms with E-state index < -0.39 is 0 Å². The van der Waals surface area contributed by atoms with Crippen molar-refractivity contribution < 1.29 is 4.74 Å². The summed E-state index contributed by atoms with van der Waals surface area (Å²) in [4.78, 5) is 0.404. The fourth-order valence-electron chi connectivity index (χ4n) is 2.16. The van der Waals surface area contributed by atoms with Crippen molar-refractivity contribution in [1.82, 2.24) is 0 Å². The molecule has 0 aromatic heterocycles. The highest BCUT2D eigenvalue weighted by atomic mass is 32.1. The molecule has 2 rings (SSSR count). The van der Waals surface area contributed by atoms with E-state index in [1.165, 1.54) is 5.56 Å². The summed E-state index contributed by atoms with van der Waals surface area (Å²) in [6, 6.07) is 13.9. The van der Waals surface area contributed by atoms with Crippen LogP contribution < -0.4 is 15.8 Å². The highest BCUT2D eigenvalue weighted by molar-refractivity contribution is 7.80. The van der Waals surface area contributed by atoms with Crippen LogP contribution in [0.4, 0.5) is 5.69 Å². The van der Waals surface area contributed by atoms with Crippen LogP contribution in [0.1, 0.15) is 16.7 Å². The van der Waals surface area contributed by atoms with Crippen molar-refractivity contribution in [2.75, 3.05) is 18.5 Å². The van der Waals surface area contributed by atoms with Crippen LogP contribution >= 0.6 is 12.2 Å². The summed E-state index contributed by atoms with van der Waals surface area (Å²) in [6.07, 6.45) is 0. The quantitative estimate of drug-likeness (QED) is 0.634. The fourth-order valence-corrected chi connectivity index (χ4v) is 2.33. The number of anilines is 1. The number of nitrogens with two attached hydrogens (primary N) is 1. The molecule has 2 aromatic rings. The van der Waals surface area contributed by atoms with Crippen molar-refractivity contribution in [3.05, 3.63) is 59.2 Å². The minimum Gasteiger partial charge on any atom is -0.492 e. The smallest absolute Gasteiger partial charge is 0.119 e. The first-order chi connectivity index (χ1) is 10.1. The van der Waals surface area contributed by atoms with Crippen LogP contribution in [0.2, 0.25) is 0 Å². The van der Waals surface area contributed by atoms with E-state index in [0.29, 0.717) is 18.1 Å². The Morgan fingerprint density at radius 1 is 1.19 bits per heavy atom. The molecule has 0 saturated heterocycles. The molecule has 110 valence electrons. The second-order valence-electron chi connectivity index (χ2n) is 4.95. The topological polar surface area (TPSA) is 47.3 Å². The van der Waals surface area contributed by atoms with Crippen molar-refractivity contribution >= 4 is 22.9 Å². The number of hydrogen-bond donors (Lipinski definition) is 2. The van der Waals surface area contributed by atoms with Crippen LogP contribution in [0.5, 0.6) is 5.75 Å². The zero-order valence-corrected chi connectivity index (χ0v) is 13.2. The van der Waals surface area contributed by atoms with Crippen LogP contribution in [0, 0.1) is 13.8 Å². The number of para-hydroxylation sites is 1. The Bertz CT molecular complexity index is 640. The molecule has 0 bridgehead atoms. The molecule has 0 fully saturated rings. The van der Waals surface area contributed by atoms with Gasteiger partial charge in [-0.25, -0.2) is 0 Å². The lowest BCUT2D eigenvalue weighted by Gasteiger charge is -2.14. The second kappa shape index (κ2) is 7.09. The number of hydrogen-bond acceptors (Lipinski definition) is 3. The van der Waals surface area contributed by atoms with Crippen LogP contribution in [-0.2, 0) is 0 Å². The number of aryl methyl sites for hydroxylation is 2. The molecule has 0 aliphatic rings. The molecule has 0 heterocycles. The van der Waals surface area contributed by atoms with E-state index >= 15 is 0 Å². The average molecular weight is 300 g/mol. The maximum Gasteiger partial charge on any atom is 0.119 e. The monoisotopic (exact) mass is 300 g/mol. The van der Waals surface area contributed by atoms with Crippen molar-refractivity contribution in [3.63, 3.8) is 0 Å². The molecule has 0 saturated carbocycles. The molecule has 21 heavy (non-hydrogen) atoms. The minimum absolute atomic E-state index is 0.404. The number of rotatable bonds is 6. The SMILES string of the molecule is Cc1cccc(OCCNc2c(C)cccc2C(N)=S)c1. The van der Waals surface area contributed by atoms with Crippen LogP contribution in [0.15, 0.2) is 42.5 Å². The summed E-state index contributed by atoms with van der Waals surface area (Å²) in [5, 5.41) is 3.36. The highest BCUT2D eigenvalue weighted by Gasteiger charge is 2.07. The number of ether oxygens (including phenoxy) is 1. The Morgan fingerprint density at radius 2 is 1.95 bits per heavy atom. The maximum absolute atomic E-state index is 5.76. The van der Waals surface area contributed by atoms with Crippen molar-refractivity contribution in [3.8, 4) is 5.75 Å². The van der Waals surface area contributed by atoms with Crippen molar-refractivity contribution in [2.24, 2.45) is 5.73 Å². The molecule has 2 aromatic carbocycles. The first-order valence-electron chi connectivity index (χ1n) is 6.90. The minimum atomic E-state index is 0.404. The Kier molecular flexibility index (Phi) is 5.17. The number of nitrogens with one attached hydrogen (secondary N) is 1. The predicted octanol–water partition coefficient (Wildman–Crippen LogP) is 3.43. The number of benzene rings is 2. The molecular formula is C17H20N2OS. The van der Waals surface area contributed by atoms with Gasteiger partial charge in [0.1, 0.15) is 17.3 Å². The highest BCUT2D eigenvalue weighted by Crippen LogP contribution is 2.20. The van der Waals surface area contributed by atoms with Gasteiger partial charge in [0, 0.05) is 17.8 Å². The van der Waals surface area contributed by atoms with E-state index in [0.717, 1.165) is 22.6 Å². The average Bonchev–Trinajstić information content (AvgIpc) is 2.44. The molecule has 4 heteroatoms. The second-order valence-corrected chi connectivity index (χ2v) is 5.39. The Morgan fingerprint density at radius 3 is 2.67 bits per heavy atom. The van der Waals surface area contributed by atoms with Crippen molar-refractivity contribution in [2.45, 2.75) is 13.8 Å². The van der Waals surface area contributed by atoms with Gasteiger partial charge in [-0.05, 0) is 43.2 Å². The van der Waals surface area contributed by atoms with E-state index in [1.807, 2.05) is 56.3 Å². The van der Waals surface area contributed by atoms with E-state index in [2.05, 4.69) is 5.32 Å². The fraction of sp³-hybridized carbons (Fsp3) is 0.235. The molecule has 3 nitrogen and oxygen atoms in total. The maximum atomic E-state index is 5.76. The third kappa shape index (κ3) is 4.20. The standard InChI is InChI=1S/C17H20N2OS/c1-12-5-3-7-14(11-12)20-10-9-19-16-13(2)6-4-8-15(16)17(18)21/h3-8,11,19H,9-10H2,1-2H3,(H2,18,21). The summed E-state index contributed by atoms with van der Waals surface area (Å²) in [5.74, 6) is 0.885. The van der Waals surface area contributed by atoms with Crippen LogP contribution in [-0.4, -0.2) is 18.1 Å². The van der Waals surface area contributed by atoms with Crippen molar-refractivity contribution in [1.29, 1.82) is 0 Å². The van der Waals surface area contributed by atoms with Gasteiger partial charge in [-0.2, -0.15) is 0 Å². The zero-order valence-electron chi connectivity index (χ0n) is 12.3. The Balaban J connectivity index is 1.93. The van der Waals surface area contributed by atoms with Crippen LogP contribution in [0.3, 0.4) is 0 Å². The lowest BCUT2D eigenvalue weighted by Crippen LogP contribution is -2.17. The number of thiocarbonyl (C=S) groups is 1. The van der Waals surface area contributed by atoms with Gasteiger partial charge in [0.05, 0.1) is 0 Å². The molecule has 0 atom stereocenters. The molecule has 0 aliphatic carbocycles. The Hall–Kier alpha value is -2.07. The molecule has 0 amide bonds. The molecule has 0 radical (unpaired) electrons. The lowest BCUT2D eigenvalue weighted by atomic mass is 10.1. The summed E-state index contributed by atoms with van der Waals surface area (Å²) >= 11 is 5.09. The molecule has 0 spiro atoms. The van der Waals surface area contributed by atoms with Gasteiger partial charge in [0.15, 0.2) is 0 Å². The normalized spacial score (nSPS) is 10.2. The van der Waals surface area contributed by atoms with Gasteiger partial charge in [-0.3, -0.25) is 0 Å². The lowest BCUT2D eigenvalue weighted by molar-refractivity contribution is 0.332. The molecular weight excluding hydrogens is 280 g/mol. The molecule has 0 aliphatic heterocycles. The third-order valence-electron chi connectivity index (χ3n) is 3.20. The largest absolute Gasteiger partial charge is 0.492 e. The summed E-state index contributed by atoms with van der Waals surface area (Å²) in [6.45, 7) is 5.35. The molecule has 0 unspecified atom stereocenters. The summed E-state index contributed by atoms with van der Waals surface area (Å²) < 4.78 is 5.72. The van der Waals surface area contributed by atoms with E-state index in [9.17, 15) is 0 Å². The first kappa shape index (κ1) is 15.3. The van der Waals surface area contributed by atoms with E-state index in [1.54, 1.807) is 0 Å². The van der Waals surface area contributed by atoms with Gasteiger partial charge in [0.2, 0.25) is 0 Å². The third-order valence-corrected chi connectivity index (χ3v) is 3.42. The van der Waals surface area contributed by atoms with E-state index in [4.69, 9.17) is 22.7 Å². The predicted molar refractivity (Wildman–Crippen MR) is 92.2 cm³/mol. The van der Waals surface area contributed by atoms with Gasteiger partial charge in [0.25, 0.3) is 0 Å². The Labute approximate surface area is 131 Å². The van der Waals surface area contributed by atoms with Gasteiger partial charge < -0.3 is 15.8 Å².